The lowest BCUT2D eigenvalue weighted by Gasteiger charge is -2.09. The van der Waals surface area contributed by atoms with Crippen molar-refractivity contribution in [3.05, 3.63) is 47.2 Å². The zero-order valence-electron chi connectivity index (χ0n) is 16.3. The molecule has 0 bridgehead atoms. The lowest BCUT2D eigenvalue weighted by Crippen LogP contribution is -2.07. The van der Waals surface area contributed by atoms with Crippen molar-refractivity contribution in [3.63, 3.8) is 0 Å². The van der Waals surface area contributed by atoms with Gasteiger partial charge < -0.3 is 19.4 Å². The second-order valence-electron chi connectivity index (χ2n) is 7.09. The minimum atomic E-state index is -0.827. The fourth-order valence-corrected chi connectivity index (χ4v) is 3.23. The van der Waals surface area contributed by atoms with Gasteiger partial charge in [0.05, 0.1) is 18.1 Å². The molecule has 3 aromatic heterocycles. The standard InChI is InChI=1S/C21H19ClN4O4/c1-11(2)29-21-16(22)9-14(10-23-21)20-25-19(26-30-20)12-3-5-17-13(7-12)8-15(24-17)4-6-18(27)28/h3,5,7-11,24H,4,6H2,1-2H3,(H,27,28). The topological polar surface area (TPSA) is 114 Å². The molecule has 2 N–H and O–H groups in total. The van der Waals surface area contributed by atoms with Crippen LogP contribution in [0.1, 0.15) is 26.0 Å². The van der Waals surface area contributed by atoms with Gasteiger partial charge in [-0.05, 0) is 50.6 Å². The number of nitrogens with zero attached hydrogens (tertiary/aromatic N) is 3. The summed E-state index contributed by atoms with van der Waals surface area (Å²) in [5.41, 5.74) is 3.15. The van der Waals surface area contributed by atoms with Crippen molar-refractivity contribution in [1.29, 1.82) is 0 Å². The summed E-state index contributed by atoms with van der Waals surface area (Å²) in [5.74, 6) is 0.254. The molecule has 1 aromatic carbocycles. The number of pyridine rings is 1. The number of rotatable bonds is 7. The fraction of sp³-hybridized carbons (Fsp3) is 0.238. The van der Waals surface area contributed by atoms with E-state index in [4.69, 9.17) is 26.0 Å². The third kappa shape index (κ3) is 4.28. The molecule has 3 heterocycles. The number of aliphatic carboxylic acids is 1. The Balaban J connectivity index is 1.58. The number of fused-ring (bicyclic) bond motifs is 1. The normalized spacial score (nSPS) is 11.3. The fourth-order valence-electron chi connectivity index (χ4n) is 3.02. The maximum absolute atomic E-state index is 10.8. The number of ether oxygens (including phenoxy) is 1. The Morgan fingerprint density at radius 3 is 2.83 bits per heavy atom. The van der Waals surface area contributed by atoms with E-state index in [0.29, 0.717) is 34.6 Å². The minimum absolute atomic E-state index is 0.0381. The largest absolute Gasteiger partial charge is 0.481 e. The molecule has 0 aliphatic heterocycles. The summed E-state index contributed by atoms with van der Waals surface area (Å²) < 4.78 is 10.9. The van der Waals surface area contributed by atoms with Crippen molar-refractivity contribution in [3.8, 4) is 28.7 Å². The second-order valence-corrected chi connectivity index (χ2v) is 7.50. The van der Waals surface area contributed by atoms with E-state index in [0.717, 1.165) is 22.2 Å². The molecule has 0 radical (unpaired) electrons. The SMILES string of the molecule is CC(C)Oc1ncc(-c2nc(-c3ccc4[nH]c(CCC(=O)O)cc4c3)no2)cc1Cl. The van der Waals surface area contributed by atoms with Gasteiger partial charge in [0.25, 0.3) is 5.89 Å². The van der Waals surface area contributed by atoms with E-state index in [1.807, 2.05) is 38.1 Å². The van der Waals surface area contributed by atoms with Gasteiger partial charge in [-0.2, -0.15) is 4.98 Å². The van der Waals surface area contributed by atoms with E-state index in [2.05, 4.69) is 20.1 Å². The number of hydrogen-bond acceptors (Lipinski definition) is 6. The highest BCUT2D eigenvalue weighted by Gasteiger charge is 2.15. The van der Waals surface area contributed by atoms with E-state index < -0.39 is 5.97 Å². The summed E-state index contributed by atoms with van der Waals surface area (Å²) >= 11 is 6.24. The van der Waals surface area contributed by atoms with Crippen molar-refractivity contribution in [2.75, 3.05) is 0 Å². The van der Waals surface area contributed by atoms with Crippen molar-refractivity contribution >= 4 is 28.5 Å². The van der Waals surface area contributed by atoms with E-state index in [1.165, 1.54) is 0 Å². The van der Waals surface area contributed by atoms with Crippen LogP contribution >= 0.6 is 11.6 Å². The Hall–Kier alpha value is -3.39. The maximum Gasteiger partial charge on any atom is 0.303 e. The molecule has 0 unspecified atom stereocenters. The number of benzene rings is 1. The molecule has 0 atom stereocenters. The first-order chi connectivity index (χ1) is 14.4. The van der Waals surface area contributed by atoms with E-state index in [1.54, 1.807) is 12.3 Å². The van der Waals surface area contributed by atoms with Gasteiger partial charge in [-0.25, -0.2) is 4.98 Å². The van der Waals surface area contributed by atoms with Crippen molar-refractivity contribution in [2.45, 2.75) is 32.8 Å². The lowest BCUT2D eigenvalue weighted by molar-refractivity contribution is -0.136. The third-order valence-electron chi connectivity index (χ3n) is 4.37. The monoisotopic (exact) mass is 426 g/mol. The molecular formula is C21H19ClN4O4. The Morgan fingerprint density at radius 2 is 2.10 bits per heavy atom. The first kappa shape index (κ1) is 19.9. The van der Waals surface area contributed by atoms with Gasteiger partial charge in [-0.1, -0.05) is 16.8 Å². The average molecular weight is 427 g/mol. The number of carboxylic acid groups (broad SMARTS) is 1. The number of aromatic amines is 1. The minimum Gasteiger partial charge on any atom is -0.481 e. The molecule has 0 saturated carbocycles. The van der Waals surface area contributed by atoms with Crippen LogP contribution in [0.25, 0.3) is 33.7 Å². The van der Waals surface area contributed by atoms with Crippen LogP contribution in [0.15, 0.2) is 41.1 Å². The molecule has 30 heavy (non-hydrogen) atoms. The van der Waals surface area contributed by atoms with Crippen molar-refractivity contribution in [1.82, 2.24) is 20.1 Å². The van der Waals surface area contributed by atoms with Gasteiger partial charge >= 0.3 is 5.97 Å². The predicted molar refractivity (Wildman–Crippen MR) is 112 cm³/mol. The highest BCUT2D eigenvalue weighted by Crippen LogP contribution is 2.30. The molecule has 0 aliphatic carbocycles. The first-order valence-corrected chi connectivity index (χ1v) is 9.77. The van der Waals surface area contributed by atoms with E-state index in [-0.39, 0.29) is 12.5 Å². The van der Waals surface area contributed by atoms with E-state index in [9.17, 15) is 4.79 Å². The van der Waals surface area contributed by atoms with Gasteiger partial charge in [0, 0.05) is 28.4 Å². The quantitative estimate of drug-likeness (QED) is 0.438. The van der Waals surface area contributed by atoms with Gasteiger partial charge in [0.15, 0.2) is 0 Å². The summed E-state index contributed by atoms with van der Waals surface area (Å²) in [4.78, 5) is 22.7. The van der Waals surface area contributed by atoms with Gasteiger partial charge in [-0.15, -0.1) is 0 Å². The highest BCUT2D eigenvalue weighted by molar-refractivity contribution is 6.32. The lowest BCUT2D eigenvalue weighted by atomic mass is 10.1. The van der Waals surface area contributed by atoms with Crippen LogP contribution in [0.3, 0.4) is 0 Å². The zero-order chi connectivity index (χ0) is 21.3. The third-order valence-corrected chi connectivity index (χ3v) is 4.64. The summed E-state index contributed by atoms with van der Waals surface area (Å²) in [6.45, 7) is 3.79. The second kappa shape index (κ2) is 8.16. The number of aromatic nitrogens is 4. The Morgan fingerprint density at radius 1 is 1.27 bits per heavy atom. The highest BCUT2D eigenvalue weighted by atomic mass is 35.5. The van der Waals surface area contributed by atoms with Crippen LogP contribution in [-0.2, 0) is 11.2 Å². The summed E-state index contributed by atoms with van der Waals surface area (Å²) in [6.07, 6.45) is 2.05. The molecule has 0 fully saturated rings. The van der Waals surface area contributed by atoms with Gasteiger partial charge in [0.1, 0.15) is 5.02 Å². The van der Waals surface area contributed by atoms with Gasteiger partial charge in [0.2, 0.25) is 11.7 Å². The Bertz CT molecular complexity index is 1210. The predicted octanol–water partition coefficient (Wildman–Crippen LogP) is 4.74. The van der Waals surface area contributed by atoms with E-state index >= 15 is 0 Å². The molecular weight excluding hydrogens is 408 g/mol. The first-order valence-electron chi connectivity index (χ1n) is 9.39. The number of nitrogens with one attached hydrogen (secondary N) is 1. The summed E-state index contributed by atoms with van der Waals surface area (Å²) in [6, 6.07) is 9.31. The van der Waals surface area contributed by atoms with Gasteiger partial charge in [-0.3, -0.25) is 4.79 Å². The number of aryl methyl sites for hydroxylation is 1. The summed E-state index contributed by atoms with van der Waals surface area (Å²) in [7, 11) is 0. The molecule has 4 aromatic rings. The number of H-pyrrole nitrogens is 1. The van der Waals surface area contributed by atoms with Crippen molar-refractivity contribution in [2.24, 2.45) is 0 Å². The molecule has 0 amide bonds. The molecule has 8 nitrogen and oxygen atoms in total. The zero-order valence-corrected chi connectivity index (χ0v) is 17.1. The Kier molecular flexibility index (Phi) is 5.41. The molecule has 154 valence electrons. The molecule has 0 saturated heterocycles. The molecule has 0 spiro atoms. The van der Waals surface area contributed by atoms with Crippen LogP contribution in [0, 0.1) is 0 Å². The Labute approximate surface area is 176 Å². The number of hydrogen-bond donors (Lipinski definition) is 2. The number of carboxylic acids is 1. The molecule has 9 heteroatoms. The maximum atomic E-state index is 10.8. The molecule has 0 aliphatic rings. The van der Waals surface area contributed by atoms with Crippen molar-refractivity contribution < 1.29 is 19.2 Å². The van der Waals surface area contributed by atoms with Crippen LogP contribution < -0.4 is 4.74 Å². The molecule has 4 rings (SSSR count). The smallest absolute Gasteiger partial charge is 0.303 e. The van der Waals surface area contributed by atoms with Crippen LogP contribution in [-0.4, -0.2) is 37.3 Å². The van der Waals surface area contributed by atoms with Crippen LogP contribution in [0.2, 0.25) is 5.02 Å². The number of halogens is 1. The summed E-state index contributed by atoms with van der Waals surface area (Å²) in [5, 5.41) is 14.2. The average Bonchev–Trinajstić information content (AvgIpc) is 3.33. The number of carbonyl (C=O) groups is 1. The van der Waals surface area contributed by atoms with Crippen LogP contribution in [0.5, 0.6) is 5.88 Å². The van der Waals surface area contributed by atoms with Crippen LogP contribution in [0.4, 0.5) is 0 Å².